The largest absolute Gasteiger partial charge is 0.544 e. The van der Waals surface area contributed by atoms with Crippen LogP contribution >= 0.6 is 0 Å². The van der Waals surface area contributed by atoms with Gasteiger partial charge >= 0.3 is 0 Å². The minimum atomic E-state index is -4.10. The second kappa shape index (κ2) is 12.0. The highest BCUT2D eigenvalue weighted by Crippen LogP contribution is 2.43. The lowest BCUT2D eigenvalue weighted by atomic mass is 9.76. The molecule has 2 aromatic rings. The topological polar surface area (TPSA) is 112 Å². The lowest BCUT2D eigenvalue weighted by molar-refractivity contribution is 0.0781. The number of carbonyl (C=O) groups is 1. The Kier molecular flexibility index (Phi) is 9.53. The van der Waals surface area contributed by atoms with Crippen molar-refractivity contribution in [2.75, 3.05) is 40.2 Å². The molecule has 1 unspecified atom stereocenters. The van der Waals surface area contributed by atoms with Gasteiger partial charge in [-0.1, -0.05) is 32.9 Å². The Hall–Kier alpha value is -2.76. The summed E-state index contributed by atoms with van der Waals surface area (Å²) in [5, 5.41) is 0.0574. The molecule has 3 rings (SSSR count). The van der Waals surface area contributed by atoms with Crippen LogP contribution < -0.4 is 18.6 Å². The zero-order valence-corrected chi connectivity index (χ0v) is 26.7. The molecule has 2 aromatic carbocycles. The van der Waals surface area contributed by atoms with Crippen LogP contribution in [0.4, 0.5) is 0 Å². The Bertz CT molecular complexity index is 1280. The summed E-state index contributed by atoms with van der Waals surface area (Å²) in [5.41, 5.74) is 0.934. The molecule has 0 aliphatic carbocycles. The number of hydrogen-bond donors (Lipinski definition) is 1. The van der Waals surface area contributed by atoms with E-state index < -0.39 is 23.9 Å². The first-order valence-electron chi connectivity index (χ1n) is 13.4. The number of amides is 1. The monoisotopic (exact) mass is 593 g/mol. The van der Waals surface area contributed by atoms with Gasteiger partial charge in [0.1, 0.15) is 5.75 Å². The Morgan fingerprint density at radius 3 is 2.08 bits per heavy atom. The van der Waals surface area contributed by atoms with Gasteiger partial charge in [-0.3, -0.25) is 9.35 Å². The van der Waals surface area contributed by atoms with E-state index in [1.807, 2.05) is 24.3 Å². The number of rotatable bonds is 11. The summed E-state index contributed by atoms with van der Waals surface area (Å²) in [4.78, 5) is 15.4. The highest BCUT2D eigenvalue weighted by Gasteiger charge is 2.42. The summed E-state index contributed by atoms with van der Waals surface area (Å²) in [6, 6.07) is 11.2. The van der Waals surface area contributed by atoms with Crippen LogP contribution in [0.1, 0.15) is 56.0 Å². The van der Waals surface area contributed by atoms with Gasteiger partial charge in [0, 0.05) is 24.1 Å². The summed E-state index contributed by atoms with van der Waals surface area (Å²) in [6.45, 7) is 11.9. The minimum Gasteiger partial charge on any atom is -0.544 e. The zero-order valence-electron chi connectivity index (χ0n) is 24.9. The van der Waals surface area contributed by atoms with E-state index in [0.717, 1.165) is 11.3 Å². The summed E-state index contributed by atoms with van der Waals surface area (Å²) < 4.78 is 55.0. The quantitative estimate of drug-likeness (QED) is 0.267. The molecule has 40 heavy (non-hydrogen) atoms. The number of likely N-dealkylation sites (tertiary alicyclic amines) is 1. The van der Waals surface area contributed by atoms with Crippen LogP contribution in [0, 0.1) is 0 Å². The van der Waals surface area contributed by atoms with Gasteiger partial charge in [0.15, 0.2) is 11.5 Å². The maximum absolute atomic E-state index is 13.7. The molecular weight excluding hydrogens is 550 g/mol. The molecule has 1 amide bonds. The fraction of sp³-hybridized carbons (Fsp3) is 0.552. The molecule has 0 bridgehead atoms. The number of nitrogens with zero attached hydrogens (tertiary/aromatic N) is 1. The van der Waals surface area contributed by atoms with Gasteiger partial charge in [-0.15, -0.1) is 0 Å². The van der Waals surface area contributed by atoms with Crippen molar-refractivity contribution in [1.29, 1.82) is 0 Å². The molecule has 1 N–H and O–H groups in total. The van der Waals surface area contributed by atoms with Crippen LogP contribution in [0.5, 0.6) is 23.0 Å². The molecule has 1 heterocycles. The molecule has 1 atom stereocenters. The maximum Gasteiger partial charge on any atom is 0.264 e. The van der Waals surface area contributed by atoms with Crippen molar-refractivity contribution in [2.45, 2.75) is 63.6 Å². The average Bonchev–Trinajstić information content (AvgIpc) is 3.31. The van der Waals surface area contributed by atoms with Crippen molar-refractivity contribution in [3.05, 3.63) is 47.5 Å². The second-order valence-electron chi connectivity index (χ2n) is 11.9. The third-order valence-electron chi connectivity index (χ3n) is 8.26. The number of ether oxygens (including phenoxy) is 3. The highest BCUT2D eigenvalue weighted by atomic mass is 32.2. The van der Waals surface area contributed by atoms with Gasteiger partial charge in [0.2, 0.25) is 14.1 Å². The van der Waals surface area contributed by atoms with Crippen LogP contribution in [0.2, 0.25) is 18.1 Å². The Morgan fingerprint density at radius 1 is 1.02 bits per heavy atom. The third kappa shape index (κ3) is 7.11. The molecule has 0 saturated carbocycles. The van der Waals surface area contributed by atoms with E-state index >= 15 is 0 Å². The van der Waals surface area contributed by atoms with Crippen molar-refractivity contribution >= 4 is 24.3 Å². The molecule has 1 aliphatic heterocycles. The molecular formula is C29H43NO8SSi. The molecule has 11 heteroatoms. The summed E-state index contributed by atoms with van der Waals surface area (Å²) in [5.74, 6) is 1.47. The van der Waals surface area contributed by atoms with E-state index in [1.165, 1.54) is 21.3 Å². The van der Waals surface area contributed by atoms with Crippen molar-refractivity contribution in [3.63, 3.8) is 0 Å². The number of carbonyl (C=O) groups excluding carboxylic acids is 1. The number of hydrogen-bond acceptors (Lipinski definition) is 7. The van der Waals surface area contributed by atoms with Gasteiger partial charge in [0.05, 0.1) is 27.1 Å². The Morgan fingerprint density at radius 2 is 1.60 bits per heavy atom. The molecule has 0 aromatic heterocycles. The highest BCUT2D eigenvalue weighted by molar-refractivity contribution is 7.85. The van der Waals surface area contributed by atoms with Crippen LogP contribution in [0.15, 0.2) is 36.4 Å². The van der Waals surface area contributed by atoms with Crippen molar-refractivity contribution in [2.24, 2.45) is 0 Å². The first-order chi connectivity index (χ1) is 18.6. The van der Waals surface area contributed by atoms with Gasteiger partial charge in [-0.05, 0) is 67.2 Å². The van der Waals surface area contributed by atoms with Gasteiger partial charge in [-0.2, -0.15) is 8.42 Å². The Labute approximate surface area is 239 Å². The smallest absolute Gasteiger partial charge is 0.264 e. The summed E-state index contributed by atoms with van der Waals surface area (Å²) in [6.07, 6.45) is 1.42. The van der Waals surface area contributed by atoms with Gasteiger partial charge in [0.25, 0.3) is 16.0 Å². The van der Waals surface area contributed by atoms with Crippen molar-refractivity contribution in [1.82, 2.24) is 4.90 Å². The second-order valence-corrected chi connectivity index (χ2v) is 18.2. The standard InChI is InChI=1S/C29H43NO8SSi/c1-28(2,3)40(7,8)38-23-12-10-22(11-13-23)29(14-9-17-39(32,33)34)15-16-30(20-29)27(31)21-18-24(35-4)26(37-6)25(19-21)36-5/h10-13,18-19H,9,14-17,20H2,1-8H3,(H,32,33,34). The normalized spacial score (nSPS) is 18.0. The fourth-order valence-corrected chi connectivity index (χ4v) is 6.47. The van der Waals surface area contributed by atoms with Crippen molar-refractivity contribution < 1.29 is 36.4 Å². The minimum absolute atomic E-state index is 0.0574. The molecule has 1 aliphatic rings. The van der Waals surface area contributed by atoms with E-state index in [-0.39, 0.29) is 23.1 Å². The fourth-order valence-electron chi connectivity index (χ4n) is 4.93. The lowest BCUT2D eigenvalue weighted by Gasteiger charge is -2.36. The SMILES string of the molecule is COc1cc(C(=O)N2CCC(CCCS(=O)(=O)O)(c3ccc(O[Si](C)(C)C(C)(C)C)cc3)C2)cc(OC)c1OC. The Balaban J connectivity index is 1.91. The van der Waals surface area contributed by atoms with Crippen LogP contribution in [-0.4, -0.2) is 72.3 Å². The summed E-state index contributed by atoms with van der Waals surface area (Å²) >= 11 is 0. The summed E-state index contributed by atoms with van der Waals surface area (Å²) in [7, 11) is -1.61. The molecule has 1 fully saturated rings. The first-order valence-corrected chi connectivity index (χ1v) is 17.9. The number of methoxy groups -OCH3 is 3. The molecule has 0 spiro atoms. The van der Waals surface area contributed by atoms with Crippen molar-refractivity contribution in [3.8, 4) is 23.0 Å². The average molecular weight is 594 g/mol. The van der Waals surface area contributed by atoms with E-state index in [9.17, 15) is 17.8 Å². The third-order valence-corrected chi connectivity index (χ3v) is 13.4. The molecule has 9 nitrogen and oxygen atoms in total. The predicted molar refractivity (Wildman–Crippen MR) is 158 cm³/mol. The first kappa shape index (κ1) is 31.8. The van der Waals surface area contributed by atoms with Crippen LogP contribution in [0.3, 0.4) is 0 Å². The van der Waals surface area contributed by atoms with E-state index in [2.05, 4.69) is 33.9 Å². The lowest BCUT2D eigenvalue weighted by Crippen LogP contribution is -2.43. The number of benzene rings is 2. The molecule has 0 radical (unpaired) electrons. The molecule has 1 saturated heterocycles. The van der Waals surface area contributed by atoms with Crippen LogP contribution in [-0.2, 0) is 15.5 Å². The van der Waals surface area contributed by atoms with Gasteiger partial charge in [-0.25, -0.2) is 0 Å². The van der Waals surface area contributed by atoms with Crippen LogP contribution in [0.25, 0.3) is 0 Å². The van der Waals surface area contributed by atoms with E-state index in [4.69, 9.17) is 18.6 Å². The molecule has 222 valence electrons. The zero-order chi connectivity index (χ0) is 29.9. The van der Waals surface area contributed by atoms with Gasteiger partial charge < -0.3 is 23.5 Å². The maximum atomic E-state index is 13.7. The van der Waals surface area contributed by atoms with E-state index in [1.54, 1.807) is 17.0 Å². The van der Waals surface area contributed by atoms with E-state index in [0.29, 0.717) is 48.7 Å². The predicted octanol–water partition coefficient (Wildman–Crippen LogP) is 5.55.